The number of benzene rings is 2. The molecule has 0 unspecified atom stereocenters. The Kier molecular flexibility index (Phi) is 4.37. The van der Waals surface area contributed by atoms with Crippen LogP contribution in [0.4, 0.5) is 5.69 Å². The van der Waals surface area contributed by atoms with Crippen LogP contribution in [0.1, 0.15) is 21.5 Å². The van der Waals surface area contributed by atoms with E-state index in [2.05, 4.69) is 0 Å². The van der Waals surface area contributed by atoms with Crippen LogP contribution in [0.25, 0.3) is 6.08 Å². The molecule has 4 heteroatoms. The summed E-state index contributed by atoms with van der Waals surface area (Å²) in [4.78, 5) is 12.2. The Morgan fingerprint density at radius 1 is 1.24 bits per heavy atom. The molecule has 0 fully saturated rings. The molecular formula is C17H14N2O2. The van der Waals surface area contributed by atoms with Crippen LogP contribution >= 0.6 is 0 Å². The molecule has 2 aromatic carbocycles. The Hall–Kier alpha value is -3.06. The minimum atomic E-state index is -0.170. The van der Waals surface area contributed by atoms with E-state index in [0.717, 1.165) is 5.56 Å². The predicted molar refractivity (Wildman–Crippen MR) is 81.9 cm³/mol. The fourth-order valence-electron chi connectivity index (χ4n) is 1.84. The fourth-order valence-corrected chi connectivity index (χ4v) is 1.84. The number of rotatable bonds is 4. The molecule has 0 aliphatic carbocycles. The first-order valence-electron chi connectivity index (χ1n) is 6.30. The van der Waals surface area contributed by atoms with E-state index < -0.39 is 0 Å². The van der Waals surface area contributed by atoms with E-state index in [9.17, 15) is 4.79 Å². The Balaban J connectivity index is 2.21. The maximum absolute atomic E-state index is 12.2. The third-order valence-corrected chi connectivity index (χ3v) is 2.96. The Morgan fingerprint density at radius 3 is 2.57 bits per heavy atom. The van der Waals surface area contributed by atoms with Gasteiger partial charge in [-0.3, -0.25) is 4.79 Å². The second-order valence-corrected chi connectivity index (χ2v) is 4.39. The summed E-state index contributed by atoms with van der Waals surface area (Å²) in [6.45, 7) is 0. The number of anilines is 1. The summed E-state index contributed by atoms with van der Waals surface area (Å²) in [5.74, 6) is 0.278. The highest BCUT2D eigenvalue weighted by Crippen LogP contribution is 2.22. The van der Waals surface area contributed by atoms with Gasteiger partial charge >= 0.3 is 0 Å². The molecule has 0 bridgehead atoms. The average molecular weight is 278 g/mol. The summed E-state index contributed by atoms with van der Waals surface area (Å²) in [7, 11) is 1.50. The normalized spacial score (nSPS) is 10.3. The van der Waals surface area contributed by atoms with Crippen molar-refractivity contribution in [1.29, 1.82) is 5.26 Å². The van der Waals surface area contributed by atoms with Crippen LogP contribution in [0.3, 0.4) is 0 Å². The van der Waals surface area contributed by atoms with Crippen LogP contribution in [0.5, 0.6) is 5.75 Å². The quantitative estimate of drug-likeness (QED) is 0.530. The summed E-state index contributed by atoms with van der Waals surface area (Å²) in [6.07, 6.45) is 3.16. The number of nitrogen functional groups attached to an aromatic ring is 1. The number of hydrogen-bond donors (Lipinski definition) is 1. The molecule has 0 aliphatic rings. The largest absolute Gasteiger partial charge is 0.496 e. The molecule has 0 radical (unpaired) electrons. The number of allylic oxidation sites excluding steroid dienone is 1. The summed E-state index contributed by atoms with van der Waals surface area (Å²) in [5.41, 5.74) is 8.08. The smallest absolute Gasteiger partial charge is 0.189 e. The van der Waals surface area contributed by atoms with Gasteiger partial charge in [0.25, 0.3) is 0 Å². The molecule has 4 nitrogen and oxygen atoms in total. The SMILES string of the molecule is COc1cc(N)ccc1C(=O)/C=C/c1ccc(C#N)cc1. The Morgan fingerprint density at radius 2 is 1.95 bits per heavy atom. The van der Waals surface area contributed by atoms with Crippen LogP contribution in [0, 0.1) is 11.3 Å². The van der Waals surface area contributed by atoms with Crippen LogP contribution < -0.4 is 10.5 Å². The van der Waals surface area contributed by atoms with Gasteiger partial charge in [-0.05, 0) is 35.9 Å². The van der Waals surface area contributed by atoms with E-state index >= 15 is 0 Å². The number of carbonyl (C=O) groups is 1. The van der Waals surface area contributed by atoms with Crippen molar-refractivity contribution >= 4 is 17.5 Å². The number of nitriles is 1. The van der Waals surface area contributed by atoms with Crippen molar-refractivity contribution in [2.24, 2.45) is 0 Å². The average Bonchev–Trinajstić information content (AvgIpc) is 2.52. The number of nitrogens with two attached hydrogens (primary N) is 1. The van der Waals surface area contributed by atoms with Crippen molar-refractivity contribution in [2.45, 2.75) is 0 Å². The molecule has 0 heterocycles. The van der Waals surface area contributed by atoms with Gasteiger partial charge in [0.15, 0.2) is 5.78 Å². The Labute approximate surface area is 123 Å². The summed E-state index contributed by atoms with van der Waals surface area (Å²) in [5, 5.41) is 8.73. The van der Waals surface area contributed by atoms with E-state index in [0.29, 0.717) is 22.6 Å². The van der Waals surface area contributed by atoms with Gasteiger partial charge in [0.05, 0.1) is 24.3 Å². The highest BCUT2D eigenvalue weighted by Gasteiger charge is 2.09. The molecule has 0 aliphatic heterocycles. The fraction of sp³-hybridized carbons (Fsp3) is 0.0588. The molecule has 104 valence electrons. The standard InChI is InChI=1S/C17H14N2O2/c1-21-17-10-14(19)7-8-15(17)16(20)9-6-12-2-4-13(11-18)5-3-12/h2-10H,19H2,1H3/b9-6+. The molecule has 2 rings (SSSR count). The van der Waals surface area contributed by atoms with E-state index in [-0.39, 0.29) is 5.78 Å². The van der Waals surface area contributed by atoms with Gasteiger partial charge in [0.1, 0.15) is 5.75 Å². The maximum Gasteiger partial charge on any atom is 0.189 e. The van der Waals surface area contributed by atoms with Gasteiger partial charge in [-0.25, -0.2) is 0 Å². The molecule has 0 atom stereocenters. The summed E-state index contributed by atoms with van der Waals surface area (Å²) in [6, 6.07) is 13.9. The van der Waals surface area contributed by atoms with Crippen molar-refractivity contribution in [2.75, 3.05) is 12.8 Å². The molecular weight excluding hydrogens is 264 g/mol. The van der Waals surface area contributed by atoms with Crippen LogP contribution in [0.2, 0.25) is 0 Å². The topological polar surface area (TPSA) is 76.1 Å². The molecule has 0 saturated heterocycles. The first kappa shape index (κ1) is 14.4. The van der Waals surface area contributed by atoms with Gasteiger partial charge in [-0.2, -0.15) is 5.26 Å². The lowest BCUT2D eigenvalue weighted by Gasteiger charge is -2.06. The Bertz CT molecular complexity index is 725. The predicted octanol–water partition coefficient (Wildman–Crippen LogP) is 3.05. The molecule has 2 N–H and O–H groups in total. The lowest BCUT2D eigenvalue weighted by Crippen LogP contribution is -2.00. The van der Waals surface area contributed by atoms with E-state index in [1.54, 1.807) is 48.5 Å². The van der Waals surface area contributed by atoms with Crippen LogP contribution in [0.15, 0.2) is 48.5 Å². The zero-order valence-corrected chi connectivity index (χ0v) is 11.5. The van der Waals surface area contributed by atoms with E-state index in [4.69, 9.17) is 15.7 Å². The highest BCUT2D eigenvalue weighted by atomic mass is 16.5. The van der Waals surface area contributed by atoms with Crippen LogP contribution in [-0.2, 0) is 0 Å². The molecule has 0 aromatic heterocycles. The van der Waals surface area contributed by atoms with Gasteiger partial charge in [0, 0.05) is 11.8 Å². The first-order valence-corrected chi connectivity index (χ1v) is 6.30. The number of ketones is 1. The van der Waals surface area contributed by atoms with Crippen molar-refractivity contribution in [3.8, 4) is 11.8 Å². The molecule has 21 heavy (non-hydrogen) atoms. The summed E-state index contributed by atoms with van der Waals surface area (Å²) >= 11 is 0. The second-order valence-electron chi connectivity index (χ2n) is 4.39. The zero-order chi connectivity index (χ0) is 15.2. The van der Waals surface area contributed by atoms with Crippen molar-refractivity contribution < 1.29 is 9.53 Å². The first-order chi connectivity index (χ1) is 10.1. The van der Waals surface area contributed by atoms with Gasteiger partial charge in [-0.15, -0.1) is 0 Å². The van der Waals surface area contributed by atoms with Crippen molar-refractivity contribution in [3.63, 3.8) is 0 Å². The van der Waals surface area contributed by atoms with Gasteiger partial charge in [-0.1, -0.05) is 18.2 Å². The second kappa shape index (κ2) is 6.40. The molecule has 0 amide bonds. The van der Waals surface area contributed by atoms with E-state index in [1.807, 2.05) is 6.07 Å². The third kappa shape index (κ3) is 3.48. The van der Waals surface area contributed by atoms with Gasteiger partial charge in [0.2, 0.25) is 0 Å². The molecule has 2 aromatic rings. The zero-order valence-electron chi connectivity index (χ0n) is 11.5. The maximum atomic E-state index is 12.2. The van der Waals surface area contributed by atoms with Crippen molar-refractivity contribution in [1.82, 2.24) is 0 Å². The number of ether oxygens (including phenoxy) is 1. The molecule has 0 spiro atoms. The number of hydrogen-bond acceptors (Lipinski definition) is 4. The van der Waals surface area contributed by atoms with Gasteiger partial charge < -0.3 is 10.5 Å². The number of nitrogens with zero attached hydrogens (tertiary/aromatic N) is 1. The highest BCUT2D eigenvalue weighted by molar-refractivity contribution is 6.08. The number of methoxy groups -OCH3 is 1. The summed E-state index contributed by atoms with van der Waals surface area (Å²) < 4.78 is 5.16. The number of carbonyl (C=O) groups excluding carboxylic acids is 1. The minimum Gasteiger partial charge on any atom is -0.496 e. The lowest BCUT2D eigenvalue weighted by molar-refractivity contribution is 0.104. The lowest BCUT2D eigenvalue weighted by atomic mass is 10.1. The third-order valence-electron chi connectivity index (χ3n) is 2.96. The minimum absolute atomic E-state index is 0.170. The molecule has 0 saturated carbocycles. The van der Waals surface area contributed by atoms with Crippen LogP contribution in [-0.4, -0.2) is 12.9 Å². The monoisotopic (exact) mass is 278 g/mol. The van der Waals surface area contributed by atoms with E-state index in [1.165, 1.54) is 13.2 Å². The van der Waals surface area contributed by atoms with Crippen molar-refractivity contribution in [3.05, 3.63) is 65.2 Å².